The number of aryl methyl sites for hydroxylation is 1. The normalized spacial score (nSPS) is 10.6. The zero-order valence-corrected chi connectivity index (χ0v) is 8.18. The van der Waals surface area contributed by atoms with Crippen LogP contribution in [-0.2, 0) is 13.1 Å². The molecule has 0 amide bonds. The molecule has 1 aromatic heterocycles. The van der Waals surface area contributed by atoms with Gasteiger partial charge in [-0.15, -0.1) is 0 Å². The summed E-state index contributed by atoms with van der Waals surface area (Å²) in [5.41, 5.74) is 1.13. The third kappa shape index (κ3) is 3.62. The van der Waals surface area contributed by atoms with E-state index in [4.69, 9.17) is 4.42 Å². The fraction of sp³-hybridized carbons (Fsp3) is 0.636. The number of furan rings is 1. The molecular formula is C11H17FO. The highest BCUT2D eigenvalue weighted by Crippen LogP contribution is 2.12. The smallest absolute Gasteiger partial charge is 0.147 e. The van der Waals surface area contributed by atoms with E-state index >= 15 is 0 Å². The molecule has 74 valence electrons. The number of halogens is 1. The zero-order valence-electron chi connectivity index (χ0n) is 8.18. The summed E-state index contributed by atoms with van der Waals surface area (Å²) in [5.74, 6) is 0.450. The summed E-state index contributed by atoms with van der Waals surface area (Å²) in [4.78, 5) is 0. The van der Waals surface area contributed by atoms with Gasteiger partial charge >= 0.3 is 0 Å². The van der Waals surface area contributed by atoms with Crippen molar-refractivity contribution < 1.29 is 8.81 Å². The Bertz CT molecular complexity index is 230. The van der Waals surface area contributed by atoms with Crippen LogP contribution in [0.4, 0.5) is 4.39 Å². The number of rotatable bonds is 6. The van der Waals surface area contributed by atoms with Crippen LogP contribution in [0.15, 0.2) is 16.7 Å². The van der Waals surface area contributed by atoms with Crippen molar-refractivity contribution in [3.63, 3.8) is 0 Å². The second kappa shape index (κ2) is 5.79. The Hall–Kier alpha value is -0.790. The van der Waals surface area contributed by atoms with Crippen LogP contribution in [0.25, 0.3) is 0 Å². The summed E-state index contributed by atoms with van der Waals surface area (Å²) < 4.78 is 17.1. The van der Waals surface area contributed by atoms with Crippen molar-refractivity contribution in [3.05, 3.63) is 23.7 Å². The van der Waals surface area contributed by atoms with Gasteiger partial charge in [0.15, 0.2) is 0 Å². The van der Waals surface area contributed by atoms with E-state index in [-0.39, 0.29) is 0 Å². The molecule has 0 aliphatic heterocycles. The van der Waals surface area contributed by atoms with Crippen molar-refractivity contribution in [1.82, 2.24) is 0 Å². The third-order valence-corrected chi connectivity index (χ3v) is 2.16. The molecule has 1 rings (SSSR count). The van der Waals surface area contributed by atoms with Crippen LogP contribution in [0.3, 0.4) is 0 Å². The van der Waals surface area contributed by atoms with Crippen LogP contribution >= 0.6 is 0 Å². The van der Waals surface area contributed by atoms with Gasteiger partial charge in [-0.25, -0.2) is 4.39 Å². The Morgan fingerprint density at radius 1 is 1.31 bits per heavy atom. The molecule has 1 heterocycles. The average molecular weight is 184 g/mol. The summed E-state index contributed by atoms with van der Waals surface area (Å²) in [6, 6.07) is 1.81. The first-order valence-corrected chi connectivity index (χ1v) is 4.99. The minimum absolute atomic E-state index is 0.450. The maximum absolute atomic E-state index is 12.1. The molecule has 1 aromatic rings. The Morgan fingerprint density at radius 2 is 2.15 bits per heavy atom. The van der Waals surface area contributed by atoms with E-state index < -0.39 is 6.67 Å². The zero-order chi connectivity index (χ0) is 9.52. The summed E-state index contributed by atoms with van der Waals surface area (Å²) in [6.45, 7) is 1.70. The highest BCUT2D eigenvalue weighted by molar-refractivity contribution is 5.12. The van der Waals surface area contributed by atoms with Crippen LogP contribution in [0.1, 0.15) is 43.9 Å². The molecule has 0 unspecified atom stereocenters. The molecule has 0 bridgehead atoms. The van der Waals surface area contributed by atoms with Gasteiger partial charge in [0.25, 0.3) is 0 Å². The molecule has 0 aromatic carbocycles. The summed E-state index contributed by atoms with van der Waals surface area (Å²) in [5, 5.41) is 0. The minimum Gasteiger partial charge on any atom is -0.466 e. The maximum atomic E-state index is 12.1. The van der Waals surface area contributed by atoms with E-state index in [1.54, 1.807) is 6.26 Å². The fourth-order valence-corrected chi connectivity index (χ4v) is 1.38. The lowest BCUT2D eigenvalue weighted by Crippen LogP contribution is -1.82. The number of unbranched alkanes of at least 4 members (excludes halogenated alkanes) is 3. The molecule has 2 heteroatoms. The van der Waals surface area contributed by atoms with Crippen molar-refractivity contribution in [1.29, 1.82) is 0 Å². The van der Waals surface area contributed by atoms with Gasteiger partial charge < -0.3 is 4.42 Å². The summed E-state index contributed by atoms with van der Waals surface area (Å²) in [7, 11) is 0. The first-order valence-electron chi connectivity index (χ1n) is 4.99. The van der Waals surface area contributed by atoms with Gasteiger partial charge in [0.1, 0.15) is 12.4 Å². The van der Waals surface area contributed by atoms with Gasteiger partial charge in [-0.3, -0.25) is 0 Å². The molecule has 1 nitrogen and oxygen atoms in total. The van der Waals surface area contributed by atoms with E-state index in [9.17, 15) is 4.39 Å². The molecule has 0 fully saturated rings. The molecule has 0 N–H and O–H groups in total. The number of alkyl halides is 1. The summed E-state index contributed by atoms with van der Waals surface area (Å²) in [6.07, 6.45) is 7.66. The van der Waals surface area contributed by atoms with Crippen molar-refractivity contribution in [2.24, 2.45) is 0 Å². The lowest BCUT2D eigenvalue weighted by molar-refractivity contribution is 0.393. The standard InChI is InChI=1S/C11H17FO/c1-2-3-4-5-6-10-7-11(8-12)13-9-10/h7,9H,2-6,8H2,1H3. The SMILES string of the molecule is CCCCCCc1coc(CF)c1. The van der Waals surface area contributed by atoms with E-state index in [0.717, 1.165) is 12.0 Å². The second-order valence-corrected chi connectivity index (χ2v) is 3.37. The van der Waals surface area contributed by atoms with Gasteiger partial charge in [0, 0.05) is 0 Å². The topological polar surface area (TPSA) is 13.1 Å². The first-order chi connectivity index (χ1) is 6.36. The third-order valence-electron chi connectivity index (χ3n) is 2.16. The van der Waals surface area contributed by atoms with Gasteiger partial charge in [0.2, 0.25) is 0 Å². The van der Waals surface area contributed by atoms with E-state index in [0.29, 0.717) is 5.76 Å². The molecule has 13 heavy (non-hydrogen) atoms. The molecule has 0 saturated heterocycles. The van der Waals surface area contributed by atoms with Crippen molar-refractivity contribution in [2.75, 3.05) is 0 Å². The Labute approximate surface area is 78.9 Å². The number of hydrogen-bond donors (Lipinski definition) is 0. The Morgan fingerprint density at radius 3 is 2.77 bits per heavy atom. The second-order valence-electron chi connectivity index (χ2n) is 3.37. The van der Waals surface area contributed by atoms with E-state index in [2.05, 4.69) is 6.92 Å². The number of hydrogen-bond acceptors (Lipinski definition) is 1. The quantitative estimate of drug-likeness (QED) is 0.611. The minimum atomic E-state index is -0.491. The highest BCUT2D eigenvalue weighted by Gasteiger charge is 2.00. The largest absolute Gasteiger partial charge is 0.466 e. The van der Waals surface area contributed by atoms with E-state index in [1.807, 2.05) is 6.07 Å². The van der Waals surface area contributed by atoms with Gasteiger partial charge in [-0.05, 0) is 24.5 Å². The van der Waals surface area contributed by atoms with Crippen molar-refractivity contribution >= 4 is 0 Å². The predicted octanol–water partition coefficient (Wildman–Crippen LogP) is 3.87. The van der Waals surface area contributed by atoms with E-state index in [1.165, 1.54) is 25.7 Å². The molecule has 0 spiro atoms. The summed E-state index contributed by atoms with van der Waals surface area (Å²) >= 11 is 0. The molecule has 0 radical (unpaired) electrons. The first kappa shape index (κ1) is 10.3. The van der Waals surface area contributed by atoms with Crippen LogP contribution < -0.4 is 0 Å². The average Bonchev–Trinajstić information content (AvgIpc) is 2.60. The highest BCUT2D eigenvalue weighted by atomic mass is 19.1. The van der Waals surface area contributed by atoms with Crippen LogP contribution in [0.5, 0.6) is 0 Å². The lowest BCUT2D eigenvalue weighted by atomic mass is 10.1. The molecule has 0 saturated carbocycles. The fourth-order valence-electron chi connectivity index (χ4n) is 1.38. The lowest BCUT2D eigenvalue weighted by Gasteiger charge is -1.95. The molecule has 0 atom stereocenters. The van der Waals surface area contributed by atoms with Crippen LogP contribution in [0, 0.1) is 0 Å². The van der Waals surface area contributed by atoms with Crippen molar-refractivity contribution in [3.8, 4) is 0 Å². The van der Waals surface area contributed by atoms with Crippen LogP contribution in [-0.4, -0.2) is 0 Å². The predicted molar refractivity (Wildman–Crippen MR) is 51.4 cm³/mol. The van der Waals surface area contributed by atoms with Crippen molar-refractivity contribution in [2.45, 2.75) is 45.7 Å². The molecule has 0 aliphatic carbocycles. The molecule has 0 aliphatic rings. The van der Waals surface area contributed by atoms with Crippen LogP contribution in [0.2, 0.25) is 0 Å². The van der Waals surface area contributed by atoms with Gasteiger partial charge in [-0.2, -0.15) is 0 Å². The van der Waals surface area contributed by atoms with Gasteiger partial charge in [0.05, 0.1) is 6.26 Å². The maximum Gasteiger partial charge on any atom is 0.147 e. The van der Waals surface area contributed by atoms with Gasteiger partial charge in [-0.1, -0.05) is 26.2 Å². The Kier molecular flexibility index (Phi) is 4.58. The molecular weight excluding hydrogens is 167 g/mol. The Balaban J connectivity index is 2.20. The monoisotopic (exact) mass is 184 g/mol.